The van der Waals surface area contributed by atoms with Crippen LogP contribution in [-0.4, -0.2) is 16.9 Å². The molecule has 0 spiro atoms. The van der Waals surface area contributed by atoms with Gasteiger partial charge in [0.25, 0.3) is 5.91 Å². The molecule has 1 aliphatic carbocycles. The lowest BCUT2D eigenvalue weighted by atomic mass is 9.86. The van der Waals surface area contributed by atoms with Crippen LogP contribution in [-0.2, 0) is 0 Å². The molecule has 3 nitrogen and oxygen atoms in total. The molecule has 110 valence electrons. The fourth-order valence-electron chi connectivity index (χ4n) is 3.11. The Hall–Kier alpha value is -1.61. The fraction of sp³-hybridized carbons (Fsp3) is 0.412. The van der Waals surface area contributed by atoms with Gasteiger partial charge in [-0.3, -0.25) is 4.79 Å². The van der Waals surface area contributed by atoms with Gasteiger partial charge in [-0.25, -0.2) is 4.98 Å². The summed E-state index contributed by atoms with van der Waals surface area (Å²) in [7, 11) is 0. The zero-order chi connectivity index (χ0) is 14.8. The first-order valence-corrected chi connectivity index (χ1v) is 7.89. The number of halogens is 1. The van der Waals surface area contributed by atoms with Crippen molar-refractivity contribution < 1.29 is 4.79 Å². The third kappa shape index (κ3) is 3.03. The van der Waals surface area contributed by atoms with Crippen LogP contribution in [0.4, 0.5) is 0 Å². The normalized spacial score (nSPS) is 22.2. The smallest absolute Gasteiger partial charge is 0.252 e. The van der Waals surface area contributed by atoms with Crippen LogP contribution in [0.3, 0.4) is 0 Å². The predicted octanol–water partition coefficient (Wildman–Crippen LogP) is 4.20. The van der Waals surface area contributed by atoms with Crippen LogP contribution in [0, 0.1) is 5.92 Å². The van der Waals surface area contributed by atoms with Gasteiger partial charge in [0.05, 0.1) is 11.1 Å². The van der Waals surface area contributed by atoms with E-state index in [1.165, 1.54) is 19.3 Å². The maximum Gasteiger partial charge on any atom is 0.252 e. The van der Waals surface area contributed by atoms with Crippen molar-refractivity contribution in [2.45, 2.75) is 38.6 Å². The Kier molecular flexibility index (Phi) is 4.11. The molecule has 1 fully saturated rings. The molecule has 1 amide bonds. The second-order valence-electron chi connectivity index (χ2n) is 5.85. The van der Waals surface area contributed by atoms with Crippen molar-refractivity contribution in [2.75, 3.05) is 0 Å². The SMILES string of the molecule is C[C@@H]1CCCC[C@H]1NC(=O)c1cc(Cl)nc2ccccc12. The number of nitrogens with zero attached hydrogens (tertiary/aromatic N) is 1. The van der Waals surface area contributed by atoms with Gasteiger partial charge in [0.15, 0.2) is 0 Å². The van der Waals surface area contributed by atoms with Crippen LogP contribution in [0.5, 0.6) is 0 Å². The molecule has 0 radical (unpaired) electrons. The van der Waals surface area contributed by atoms with Crippen LogP contribution in [0.25, 0.3) is 10.9 Å². The zero-order valence-corrected chi connectivity index (χ0v) is 12.9. The average Bonchev–Trinajstić information content (AvgIpc) is 2.48. The topological polar surface area (TPSA) is 42.0 Å². The standard InChI is InChI=1S/C17H19ClN2O/c1-11-6-2-4-8-14(11)20-17(21)13-10-16(18)19-15-9-5-3-7-12(13)15/h3,5,7,9-11,14H,2,4,6,8H2,1H3,(H,20,21)/t11-,14-/m1/s1. The van der Waals surface area contributed by atoms with Crippen LogP contribution < -0.4 is 5.32 Å². The minimum Gasteiger partial charge on any atom is -0.349 e. The first kappa shape index (κ1) is 14.3. The van der Waals surface area contributed by atoms with Crippen molar-refractivity contribution in [1.29, 1.82) is 0 Å². The molecule has 4 heteroatoms. The molecule has 2 atom stereocenters. The van der Waals surface area contributed by atoms with Gasteiger partial charge in [-0.2, -0.15) is 0 Å². The Labute approximate surface area is 129 Å². The van der Waals surface area contributed by atoms with Crippen LogP contribution in [0.1, 0.15) is 43.0 Å². The van der Waals surface area contributed by atoms with E-state index in [4.69, 9.17) is 11.6 Å². The van der Waals surface area contributed by atoms with E-state index in [1.54, 1.807) is 6.07 Å². The molecule has 1 aliphatic rings. The van der Waals surface area contributed by atoms with E-state index >= 15 is 0 Å². The van der Waals surface area contributed by atoms with Gasteiger partial charge in [0.1, 0.15) is 5.15 Å². The number of carbonyl (C=O) groups excluding carboxylic acids is 1. The molecule has 1 N–H and O–H groups in total. The summed E-state index contributed by atoms with van der Waals surface area (Å²) in [6, 6.07) is 9.53. The highest BCUT2D eigenvalue weighted by atomic mass is 35.5. The molecule has 3 rings (SSSR count). The Balaban J connectivity index is 1.90. The summed E-state index contributed by atoms with van der Waals surface area (Å²) < 4.78 is 0. The lowest BCUT2D eigenvalue weighted by Crippen LogP contribution is -2.41. The van der Waals surface area contributed by atoms with Gasteiger partial charge in [0.2, 0.25) is 0 Å². The second kappa shape index (κ2) is 6.02. The number of fused-ring (bicyclic) bond motifs is 1. The molecule has 1 aromatic heterocycles. The minimum atomic E-state index is -0.0470. The van der Waals surface area contributed by atoms with Gasteiger partial charge in [-0.1, -0.05) is 49.6 Å². The summed E-state index contributed by atoms with van der Waals surface area (Å²) in [6.07, 6.45) is 4.69. The van der Waals surface area contributed by atoms with Crippen LogP contribution in [0.15, 0.2) is 30.3 Å². The molecule has 0 unspecified atom stereocenters. The Bertz CT molecular complexity index is 671. The lowest BCUT2D eigenvalue weighted by Gasteiger charge is -2.29. The van der Waals surface area contributed by atoms with E-state index in [0.717, 1.165) is 17.3 Å². The van der Waals surface area contributed by atoms with Crippen molar-refractivity contribution in [3.63, 3.8) is 0 Å². The third-order valence-corrected chi connectivity index (χ3v) is 4.55. The predicted molar refractivity (Wildman–Crippen MR) is 85.6 cm³/mol. The monoisotopic (exact) mass is 302 g/mol. The van der Waals surface area contributed by atoms with E-state index in [0.29, 0.717) is 16.6 Å². The summed E-state index contributed by atoms with van der Waals surface area (Å²) >= 11 is 6.05. The summed E-state index contributed by atoms with van der Waals surface area (Å²) in [5.41, 5.74) is 1.37. The van der Waals surface area contributed by atoms with Crippen molar-refractivity contribution in [3.8, 4) is 0 Å². The minimum absolute atomic E-state index is 0.0470. The number of nitrogens with one attached hydrogen (secondary N) is 1. The lowest BCUT2D eigenvalue weighted by molar-refractivity contribution is 0.0912. The third-order valence-electron chi connectivity index (χ3n) is 4.36. The van der Waals surface area contributed by atoms with E-state index < -0.39 is 0 Å². The van der Waals surface area contributed by atoms with Gasteiger partial charge in [0, 0.05) is 11.4 Å². The highest BCUT2D eigenvalue weighted by Gasteiger charge is 2.24. The Morgan fingerprint density at radius 3 is 2.86 bits per heavy atom. The van der Waals surface area contributed by atoms with Crippen molar-refractivity contribution >= 4 is 28.4 Å². The number of hydrogen-bond donors (Lipinski definition) is 1. The maximum atomic E-state index is 12.6. The molecule has 21 heavy (non-hydrogen) atoms. The average molecular weight is 303 g/mol. The summed E-state index contributed by atoms with van der Waals surface area (Å²) in [5.74, 6) is 0.487. The van der Waals surface area contributed by atoms with Crippen LogP contribution >= 0.6 is 11.6 Å². The van der Waals surface area contributed by atoms with E-state index in [2.05, 4.69) is 17.2 Å². The number of carbonyl (C=O) groups is 1. The number of amides is 1. The van der Waals surface area contributed by atoms with Gasteiger partial charge >= 0.3 is 0 Å². The Morgan fingerprint density at radius 2 is 2.05 bits per heavy atom. The first-order valence-electron chi connectivity index (χ1n) is 7.51. The molecule has 0 saturated heterocycles. The van der Waals surface area contributed by atoms with Crippen molar-refractivity contribution in [2.24, 2.45) is 5.92 Å². The Morgan fingerprint density at radius 1 is 1.29 bits per heavy atom. The number of pyridine rings is 1. The number of para-hydroxylation sites is 1. The van der Waals surface area contributed by atoms with Gasteiger partial charge < -0.3 is 5.32 Å². The summed E-state index contributed by atoms with van der Waals surface area (Å²) in [5, 5.41) is 4.39. The quantitative estimate of drug-likeness (QED) is 0.845. The van der Waals surface area contributed by atoms with Crippen LogP contribution in [0.2, 0.25) is 5.15 Å². The molecular weight excluding hydrogens is 284 g/mol. The van der Waals surface area contributed by atoms with Gasteiger partial charge in [-0.15, -0.1) is 0 Å². The molecular formula is C17H19ClN2O. The number of rotatable bonds is 2. The fourth-order valence-corrected chi connectivity index (χ4v) is 3.31. The van der Waals surface area contributed by atoms with Gasteiger partial charge in [-0.05, 0) is 30.9 Å². The maximum absolute atomic E-state index is 12.6. The van der Waals surface area contributed by atoms with Crippen molar-refractivity contribution in [1.82, 2.24) is 10.3 Å². The largest absolute Gasteiger partial charge is 0.349 e. The highest BCUT2D eigenvalue weighted by Crippen LogP contribution is 2.25. The number of aromatic nitrogens is 1. The molecule has 1 heterocycles. The first-order chi connectivity index (χ1) is 10.1. The van der Waals surface area contributed by atoms with Crippen molar-refractivity contribution in [3.05, 3.63) is 41.0 Å². The van der Waals surface area contributed by atoms with E-state index in [9.17, 15) is 4.79 Å². The molecule has 0 aliphatic heterocycles. The summed E-state index contributed by atoms with van der Waals surface area (Å²) in [4.78, 5) is 16.9. The molecule has 2 aromatic rings. The molecule has 0 bridgehead atoms. The zero-order valence-electron chi connectivity index (χ0n) is 12.1. The molecule has 1 saturated carbocycles. The van der Waals surface area contributed by atoms with E-state index in [-0.39, 0.29) is 11.9 Å². The van der Waals surface area contributed by atoms with E-state index in [1.807, 2.05) is 24.3 Å². The highest BCUT2D eigenvalue weighted by molar-refractivity contribution is 6.30. The molecule has 1 aromatic carbocycles. The summed E-state index contributed by atoms with van der Waals surface area (Å²) in [6.45, 7) is 2.21. The number of benzene rings is 1. The second-order valence-corrected chi connectivity index (χ2v) is 6.24. The number of hydrogen-bond acceptors (Lipinski definition) is 2.